The Morgan fingerprint density at radius 2 is 1.96 bits per heavy atom. The van der Waals surface area contributed by atoms with Gasteiger partial charge in [0.2, 0.25) is 0 Å². The lowest BCUT2D eigenvalue weighted by atomic mass is 10.0. The summed E-state index contributed by atoms with van der Waals surface area (Å²) >= 11 is 0. The number of fused-ring (bicyclic) bond motifs is 1. The highest BCUT2D eigenvalue weighted by Gasteiger charge is 2.15. The van der Waals surface area contributed by atoms with Crippen LogP contribution in [0.2, 0.25) is 0 Å². The molecule has 0 amide bonds. The minimum absolute atomic E-state index is 0.0854. The van der Waals surface area contributed by atoms with Crippen molar-refractivity contribution in [2.75, 3.05) is 7.11 Å². The Bertz CT molecular complexity index is 795. The Morgan fingerprint density at radius 1 is 1.22 bits per heavy atom. The van der Waals surface area contributed by atoms with E-state index in [0.717, 1.165) is 40.2 Å². The van der Waals surface area contributed by atoms with Crippen molar-refractivity contribution in [1.82, 2.24) is 15.0 Å². The highest BCUT2D eigenvalue weighted by atomic mass is 16.5. The molecule has 1 aromatic carbocycles. The first-order chi connectivity index (χ1) is 11.1. The van der Waals surface area contributed by atoms with Crippen molar-refractivity contribution in [3.8, 4) is 16.9 Å². The predicted molar refractivity (Wildman–Crippen MR) is 92.3 cm³/mol. The molecule has 0 aliphatic carbocycles. The molecule has 5 heteroatoms. The molecule has 23 heavy (non-hydrogen) atoms. The average molecular weight is 310 g/mol. The molecule has 0 radical (unpaired) electrons. The molecule has 120 valence electrons. The number of nitrogens with two attached hydrogens (primary N) is 1. The number of methoxy groups -OCH3 is 1. The molecule has 0 aliphatic heterocycles. The third kappa shape index (κ3) is 3.19. The summed E-state index contributed by atoms with van der Waals surface area (Å²) in [6, 6.07) is 7.85. The van der Waals surface area contributed by atoms with Gasteiger partial charge < -0.3 is 15.5 Å². The van der Waals surface area contributed by atoms with Crippen LogP contribution in [0, 0.1) is 5.92 Å². The van der Waals surface area contributed by atoms with E-state index in [1.165, 1.54) is 0 Å². The zero-order chi connectivity index (χ0) is 16.4. The minimum Gasteiger partial charge on any atom is -0.496 e. The molecule has 3 rings (SSSR count). The summed E-state index contributed by atoms with van der Waals surface area (Å²) in [5.41, 5.74) is 10.1. The van der Waals surface area contributed by atoms with E-state index in [0.29, 0.717) is 5.92 Å². The summed E-state index contributed by atoms with van der Waals surface area (Å²) in [6.45, 7) is 4.32. The van der Waals surface area contributed by atoms with E-state index < -0.39 is 0 Å². The number of aromatic amines is 1. The van der Waals surface area contributed by atoms with Crippen molar-refractivity contribution < 1.29 is 4.74 Å². The number of hydrogen-bond acceptors (Lipinski definition) is 4. The van der Waals surface area contributed by atoms with Gasteiger partial charge in [-0.05, 0) is 36.1 Å². The van der Waals surface area contributed by atoms with Crippen LogP contribution in [0.4, 0.5) is 0 Å². The van der Waals surface area contributed by atoms with Crippen LogP contribution < -0.4 is 10.5 Å². The van der Waals surface area contributed by atoms with Crippen LogP contribution in [-0.4, -0.2) is 22.1 Å². The van der Waals surface area contributed by atoms with Crippen LogP contribution in [0.3, 0.4) is 0 Å². The molecule has 0 saturated heterocycles. The van der Waals surface area contributed by atoms with Gasteiger partial charge in [-0.2, -0.15) is 0 Å². The van der Waals surface area contributed by atoms with Gasteiger partial charge >= 0.3 is 0 Å². The van der Waals surface area contributed by atoms with Crippen molar-refractivity contribution in [2.24, 2.45) is 11.7 Å². The second-order valence-corrected chi connectivity index (χ2v) is 6.16. The van der Waals surface area contributed by atoms with Crippen LogP contribution in [0.15, 0.2) is 36.7 Å². The van der Waals surface area contributed by atoms with E-state index in [4.69, 9.17) is 10.5 Å². The molecule has 0 bridgehead atoms. The van der Waals surface area contributed by atoms with Gasteiger partial charge in [0.25, 0.3) is 0 Å². The lowest BCUT2D eigenvalue weighted by molar-refractivity contribution is 0.417. The quantitative estimate of drug-likeness (QED) is 0.753. The van der Waals surface area contributed by atoms with Crippen molar-refractivity contribution in [3.63, 3.8) is 0 Å². The Kier molecular flexibility index (Phi) is 4.30. The number of hydrogen-bond donors (Lipinski definition) is 2. The SMILES string of the molecule is COc1cc2nc([C@H](N)CC(C)C)[nH]c2cc1-c1ccncc1. The fourth-order valence-corrected chi connectivity index (χ4v) is 2.78. The van der Waals surface area contributed by atoms with Crippen molar-refractivity contribution in [2.45, 2.75) is 26.3 Å². The monoisotopic (exact) mass is 310 g/mol. The summed E-state index contributed by atoms with van der Waals surface area (Å²) in [4.78, 5) is 12.1. The van der Waals surface area contributed by atoms with Crippen LogP contribution in [-0.2, 0) is 0 Å². The first-order valence-electron chi connectivity index (χ1n) is 7.82. The Labute approximate surface area is 135 Å². The number of imidazole rings is 1. The van der Waals surface area contributed by atoms with Gasteiger partial charge in [-0.15, -0.1) is 0 Å². The molecule has 3 N–H and O–H groups in total. The number of pyridine rings is 1. The van der Waals surface area contributed by atoms with Crippen molar-refractivity contribution in [1.29, 1.82) is 0 Å². The molecular weight excluding hydrogens is 288 g/mol. The predicted octanol–water partition coefficient (Wildman–Crippen LogP) is 3.68. The largest absolute Gasteiger partial charge is 0.496 e. The number of nitrogens with zero attached hydrogens (tertiary/aromatic N) is 2. The highest BCUT2D eigenvalue weighted by molar-refractivity contribution is 5.86. The molecule has 0 unspecified atom stereocenters. The molecule has 0 aliphatic rings. The van der Waals surface area contributed by atoms with E-state index >= 15 is 0 Å². The molecule has 1 atom stereocenters. The molecule has 2 aromatic heterocycles. The lowest BCUT2D eigenvalue weighted by Crippen LogP contribution is -2.14. The number of rotatable bonds is 5. The van der Waals surface area contributed by atoms with Crippen LogP contribution >= 0.6 is 0 Å². The fraction of sp³-hybridized carbons (Fsp3) is 0.333. The molecule has 2 heterocycles. The Balaban J connectivity index is 2.06. The topological polar surface area (TPSA) is 76.8 Å². The number of aromatic nitrogens is 3. The molecule has 3 aromatic rings. The summed E-state index contributed by atoms with van der Waals surface area (Å²) in [6.07, 6.45) is 4.44. The first-order valence-corrected chi connectivity index (χ1v) is 7.82. The van der Waals surface area contributed by atoms with E-state index in [1.54, 1.807) is 19.5 Å². The third-order valence-corrected chi connectivity index (χ3v) is 3.89. The fourth-order valence-electron chi connectivity index (χ4n) is 2.78. The molecule has 0 spiro atoms. The summed E-state index contributed by atoms with van der Waals surface area (Å²) in [5, 5.41) is 0. The Hall–Kier alpha value is -2.40. The van der Waals surface area contributed by atoms with Crippen molar-refractivity contribution in [3.05, 3.63) is 42.5 Å². The maximum Gasteiger partial charge on any atom is 0.128 e. The zero-order valence-corrected chi connectivity index (χ0v) is 13.7. The standard InChI is InChI=1S/C18H22N4O/c1-11(2)8-14(19)18-21-15-9-13(12-4-6-20-7-5-12)17(23-3)10-16(15)22-18/h4-7,9-11,14H,8,19H2,1-3H3,(H,21,22)/t14-/m1/s1. The highest BCUT2D eigenvalue weighted by Crippen LogP contribution is 2.33. The van der Waals surface area contributed by atoms with Crippen LogP contribution in [0.5, 0.6) is 5.75 Å². The van der Waals surface area contributed by atoms with Gasteiger partial charge in [-0.3, -0.25) is 4.98 Å². The second kappa shape index (κ2) is 6.38. The number of nitrogens with one attached hydrogen (secondary N) is 1. The van der Waals surface area contributed by atoms with E-state index in [2.05, 4.69) is 34.9 Å². The second-order valence-electron chi connectivity index (χ2n) is 6.16. The van der Waals surface area contributed by atoms with Gasteiger partial charge in [0.05, 0.1) is 24.2 Å². The summed E-state index contributed by atoms with van der Waals surface area (Å²) in [5.74, 6) is 2.14. The third-order valence-electron chi connectivity index (χ3n) is 3.89. The van der Waals surface area contributed by atoms with Gasteiger partial charge in [0, 0.05) is 24.0 Å². The van der Waals surface area contributed by atoms with E-state index in [9.17, 15) is 0 Å². The maximum atomic E-state index is 6.25. The van der Waals surface area contributed by atoms with Crippen LogP contribution in [0.25, 0.3) is 22.2 Å². The summed E-state index contributed by atoms with van der Waals surface area (Å²) in [7, 11) is 1.67. The number of ether oxygens (including phenoxy) is 1. The molecular formula is C18H22N4O. The molecule has 0 saturated carbocycles. The van der Waals surface area contributed by atoms with Gasteiger partial charge in [0.1, 0.15) is 11.6 Å². The number of benzene rings is 1. The smallest absolute Gasteiger partial charge is 0.128 e. The first kappa shape index (κ1) is 15.5. The summed E-state index contributed by atoms with van der Waals surface area (Å²) < 4.78 is 5.54. The zero-order valence-electron chi connectivity index (χ0n) is 13.7. The minimum atomic E-state index is -0.0854. The lowest BCUT2D eigenvalue weighted by Gasteiger charge is -2.10. The average Bonchev–Trinajstić information content (AvgIpc) is 2.97. The normalized spacial score (nSPS) is 12.7. The van der Waals surface area contributed by atoms with E-state index in [1.807, 2.05) is 18.2 Å². The number of H-pyrrole nitrogens is 1. The van der Waals surface area contributed by atoms with Gasteiger partial charge in [-0.1, -0.05) is 13.8 Å². The van der Waals surface area contributed by atoms with Gasteiger partial charge in [0.15, 0.2) is 0 Å². The van der Waals surface area contributed by atoms with Crippen LogP contribution in [0.1, 0.15) is 32.1 Å². The molecule has 5 nitrogen and oxygen atoms in total. The Morgan fingerprint density at radius 3 is 2.61 bits per heavy atom. The molecule has 0 fully saturated rings. The van der Waals surface area contributed by atoms with Gasteiger partial charge in [-0.25, -0.2) is 4.98 Å². The maximum absolute atomic E-state index is 6.25. The van der Waals surface area contributed by atoms with Crippen molar-refractivity contribution >= 4 is 11.0 Å². The van der Waals surface area contributed by atoms with E-state index in [-0.39, 0.29) is 6.04 Å².